The molecule has 3 aromatic carbocycles. The van der Waals surface area contributed by atoms with Crippen LogP contribution in [0.4, 0.5) is 20.6 Å². The lowest BCUT2D eigenvalue weighted by Gasteiger charge is -2.17. The molecule has 3 rings (SSSR count). The summed E-state index contributed by atoms with van der Waals surface area (Å²) in [7, 11) is 0. The molecule has 0 heterocycles. The number of thiol groups is 1. The summed E-state index contributed by atoms with van der Waals surface area (Å²) in [5, 5.41) is 6.08. The van der Waals surface area contributed by atoms with Crippen molar-refractivity contribution < 1.29 is 14.0 Å². The molecule has 0 bridgehead atoms. The van der Waals surface area contributed by atoms with E-state index >= 15 is 0 Å². The zero-order valence-electron chi connectivity index (χ0n) is 15.4. The molecule has 0 atom stereocenters. The van der Waals surface area contributed by atoms with E-state index in [1.807, 2.05) is 0 Å². The average molecular weight is 464 g/mol. The lowest BCUT2D eigenvalue weighted by atomic mass is 10.1. The lowest BCUT2D eigenvalue weighted by Crippen LogP contribution is -2.26. The van der Waals surface area contributed by atoms with Crippen LogP contribution in [-0.4, -0.2) is 16.2 Å². The molecule has 0 aliphatic heterocycles. The van der Waals surface area contributed by atoms with Crippen LogP contribution in [0.1, 0.15) is 15.9 Å². The van der Waals surface area contributed by atoms with Crippen molar-refractivity contribution in [1.82, 2.24) is 4.31 Å². The molecule has 0 radical (unpaired) electrons. The molecule has 0 aliphatic carbocycles. The quantitative estimate of drug-likeness (QED) is 0.390. The van der Waals surface area contributed by atoms with Gasteiger partial charge < -0.3 is 10.6 Å². The third-order valence-corrected chi connectivity index (χ3v) is 4.77. The Morgan fingerprint density at radius 3 is 2.17 bits per heavy atom. The van der Waals surface area contributed by atoms with Gasteiger partial charge in [0.25, 0.3) is 5.91 Å². The molecule has 0 aliphatic rings. The number of hydrogen-bond donors (Lipinski definition) is 3. The zero-order chi connectivity index (χ0) is 21.7. The van der Waals surface area contributed by atoms with Gasteiger partial charge in [-0.2, -0.15) is 0 Å². The van der Waals surface area contributed by atoms with Gasteiger partial charge in [0.2, 0.25) is 0 Å². The number of nitrogens with one attached hydrogen (secondary N) is 2. The fourth-order valence-corrected chi connectivity index (χ4v) is 3.34. The van der Waals surface area contributed by atoms with Crippen molar-refractivity contribution in [2.45, 2.75) is 6.54 Å². The van der Waals surface area contributed by atoms with E-state index in [2.05, 4.69) is 23.4 Å². The fourth-order valence-electron chi connectivity index (χ4n) is 2.60. The Bertz CT molecular complexity index is 1060. The number of amides is 3. The highest BCUT2D eigenvalue weighted by Gasteiger charge is 2.13. The molecule has 154 valence electrons. The first-order valence-electron chi connectivity index (χ1n) is 8.70. The van der Waals surface area contributed by atoms with E-state index in [9.17, 15) is 14.0 Å². The van der Waals surface area contributed by atoms with Gasteiger partial charge in [-0.05, 0) is 48.0 Å². The predicted molar refractivity (Wildman–Crippen MR) is 121 cm³/mol. The molecule has 3 aromatic rings. The Morgan fingerprint density at radius 1 is 0.900 bits per heavy atom. The van der Waals surface area contributed by atoms with Crippen LogP contribution < -0.4 is 10.6 Å². The van der Waals surface area contributed by atoms with Gasteiger partial charge in [0, 0.05) is 21.4 Å². The van der Waals surface area contributed by atoms with Crippen LogP contribution in [0.5, 0.6) is 0 Å². The number of rotatable bonds is 5. The summed E-state index contributed by atoms with van der Waals surface area (Å²) in [5.41, 5.74) is 1.67. The number of anilines is 2. The van der Waals surface area contributed by atoms with Crippen molar-refractivity contribution in [3.8, 4) is 0 Å². The SMILES string of the molecule is O=C(Nc1ccc(CN(S)C(=O)Nc2cc(Cl)cc(Cl)c2)cc1)c1ccccc1F. The van der Waals surface area contributed by atoms with E-state index in [0.717, 1.165) is 5.56 Å². The molecule has 0 aromatic heterocycles. The molecule has 30 heavy (non-hydrogen) atoms. The maximum Gasteiger partial charge on any atom is 0.331 e. The van der Waals surface area contributed by atoms with Crippen LogP contribution in [0.15, 0.2) is 66.7 Å². The summed E-state index contributed by atoms with van der Waals surface area (Å²) in [6.45, 7) is 0.199. The van der Waals surface area contributed by atoms with Gasteiger partial charge in [-0.25, -0.2) is 9.18 Å². The summed E-state index contributed by atoms with van der Waals surface area (Å²) in [6.07, 6.45) is 0. The Labute approximate surface area is 188 Å². The highest BCUT2D eigenvalue weighted by atomic mass is 35.5. The second-order valence-corrected chi connectivity index (χ2v) is 7.63. The van der Waals surface area contributed by atoms with Crippen molar-refractivity contribution in [2.24, 2.45) is 0 Å². The van der Waals surface area contributed by atoms with E-state index in [1.165, 1.54) is 22.5 Å². The van der Waals surface area contributed by atoms with Gasteiger partial charge in [-0.1, -0.05) is 60.3 Å². The third-order valence-electron chi connectivity index (χ3n) is 4.01. The molecule has 0 saturated heterocycles. The minimum Gasteiger partial charge on any atom is -0.322 e. The topological polar surface area (TPSA) is 61.4 Å². The number of hydrogen-bond acceptors (Lipinski definition) is 3. The fraction of sp³-hybridized carbons (Fsp3) is 0.0476. The Balaban J connectivity index is 1.58. The molecular weight excluding hydrogens is 448 g/mol. The first-order valence-corrected chi connectivity index (χ1v) is 9.86. The minimum atomic E-state index is -0.593. The first-order chi connectivity index (χ1) is 14.3. The molecule has 5 nitrogen and oxygen atoms in total. The van der Waals surface area contributed by atoms with Crippen LogP contribution >= 0.6 is 36.0 Å². The van der Waals surface area contributed by atoms with Crippen LogP contribution in [-0.2, 0) is 6.54 Å². The van der Waals surface area contributed by atoms with Gasteiger partial charge in [-0.15, -0.1) is 0 Å². The summed E-state index contributed by atoms with van der Waals surface area (Å²) >= 11 is 16.0. The van der Waals surface area contributed by atoms with Crippen molar-refractivity contribution in [2.75, 3.05) is 10.6 Å². The minimum absolute atomic E-state index is 0.0408. The molecule has 0 spiro atoms. The standard InChI is InChI=1S/C21H16Cl2FN3O2S/c22-14-9-15(23)11-17(10-14)26-21(29)27(30)12-13-5-7-16(8-6-13)25-20(28)18-3-1-2-4-19(18)24/h1-11,30H,12H2,(H,25,28)(H,26,29). The summed E-state index contributed by atoms with van der Waals surface area (Å²) in [5.74, 6) is -1.14. The number of carbonyl (C=O) groups is 2. The molecule has 3 amide bonds. The zero-order valence-corrected chi connectivity index (χ0v) is 17.8. The molecule has 2 N–H and O–H groups in total. The smallest absolute Gasteiger partial charge is 0.322 e. The second-order valence-electron chi connectivity index (χ2n) is 6.28. The van der Waals surface area contributed by atoms with Crippen molar-refractivity contribution in [1.29, 1.82) is 0 Å². The summed E-state index contributed by atoms with van der Waals surface area (Å²) in [6, 6.07) is 16.7. The van der Waals surface area contributed by atoms with Gasteiger partial charge in [0.15, 0.2) is 0 Å². The summed E-state index contributed by atoms with van der Waals surface area (Å²) in [4.78, 5) is 24.5. The highest BCUT2D eigenvalue weighted by molar-refractivity contribution is 7.78. The number of benzene rings is 3. The van der Waals surface area contributed by atoms with Crippen molar-refractivity contribution in [3.63, 3.8) is 0 Å². The molecule has 0 saturated carbocycles. The lowest BCUT2D eigenvalue weighted by molar-refractivity contribution is 0.102. The summed E-state index contributed by atoms with van der Waals surface area (Å²) < 4.78 is 14.9. The van der Waals surface area contributed by atoms with Crippen molar-refractivity contribution in [3.05, 3.63) is 93.7 Å². The number of nitrogens with zero attached hydrogens (tertiary/aromatic N) is 1. The normalized spacial score (nSPS) is 10.4. The molecular formula is C21H16Cl2FN3O2S. The van der Waals surface area contributed by atoms with Gasteiger partial charge in [0.05, 0.1) is 12.1 Å². The number of carbonyl (C=O) groups excluding carboxylic acids is 2. The van der Waals surface area contributed by atoms with E-state index in [-0.39, 0.29) is 12.1 Å². The predicted octanol–water partition coefficient (Wildman–Crippen LogP) is 6.26. The molecule has 0 fully saturated rings. The first kappa shape index (κ1) is 22.0. The maximum absolute atomic E-state index is 13.7. The van der Waals surface area contributed by atoms with E-state index in [0.29, 0.717) is 21.4 Å². The highest BCUT2D eigenvalue weighted by Crippen LogP contribution is 2.23. The largest absolute Gasteiger partial charge is 0.331 e. The van der Waals surface area contributed by atoms with Gasteiger partial charge >= 0.3 is 6.03 Å². The number of halogens is 3. The van der Waals surface area contributed by atoms with E-state index in [1.54, 1.807) is 48.5 Å². The third kappa shape index (κ3) is 5.89. The van der Waals surface area contributed by atoms with E-state index < -0.39 is 17.8 Å². The monoisotopic (exact) mass is 463 g/mol. The Morgan fingerprint density at radius 2 is 1.53 bits per heavy atom. The van der Waals surface area contributed by atoms with Crippen LogP contribution in [0.2, 0.25) is 10.0 Å². The molecule has 0 unspecified atom stereocenters. The Kier molecular flexibility index (Phi) is 7.20. The molecule has 9 heteroatoms. The second kappa shape index (κ2) is 9.84. The van der Waals surface area contributed by atoms with E-state index in [4.69, 9.17) is 23.2 Å². The van der Waals surface area contributed by atoms with Crippen molar-refractivity contribution >= 4 is 59.3 Å². The van der Waals surface area contributed by atoms with Crippen LogP contribution in [0.25, 0.3) is 0 Å². The van der Waals surface area contributed by atoms with Crippen LogP contribution in [0.3, 0.4) is 0 Å². The van der Waals surface area contributed by atoms with Gasteiger partial charge in [0.1, 0.15) is 5.82 Å². The van der Waals surface area contributed by atoms with Crippen LogP contribution in [0, 0.1) is 5.82 Å². The van der Waals surface area contributed by atoms with Gasteiger partial charge in [-0.3, -0.25) is 9.10 Å². The number of urea groups is 1. The maximum atomic E-state index is 13.7. The average Bonchev–Trinajstić information content (AvgIpc) is 2.69. The Hall–Kier alpha value is -2.74.